The molecule has 2 heteroatoms. The van der Waals surface area contributed by atoms with Crippen LogP contribution in [-0.2, 0) is 0 Å². The summed E-state index contributed by atoms with van der Waals surface area (Å²) in [5.74, 6) is 0.524. The van der Waals surface area contributed by atoms with Gasteiger partial charge in [0, 0.05) is 12.6 Å². The summed E-state index contributed by atoms with van der Waals surface area (Å²) in [7, 11) is 0. The highest BCUT2D eigenvalue weighted by atomic mass is 16.3. The Labute approximate surface area is 82.0 Å². The van der Waals surface area contributed by atoms with E-state index in [4.69, 9.17) is 0 Å². The molecule has 13 heavy (non-hydrogen) atoms. The van der Waals surface area contributed by atoms with Gasteiger partial charge in [0.05, 0.1) is 5.60 Å². The minimum absolute atomic E-state index is 0.263. The summed E-state index contributed by atoms with van der Waals surface area (Å²) >= 11 is 0. The van der Waals surface area contributed by atoms with Gasteiger partial charge in [0.15, 0.2) is 0 Å². The number of hydrogen-bond acceptors (Lipinski definition) is 2. The first-order valence-electron chi connectivity index (χ1n) is 4.95. The lowest BCUT2D eigenvalue weighted by Crippen LogP contribution is -2.41. The van der Waals surface area contributed by atoms with Gasteiger partial charge in [-0.3, -0.25) is 0 Å². The SMILES string of the molecule is C=CC(C)NCC(C)(O)CC(C)C. The van der Waals surface area contributed by atoms with Crippen molar-refractivity contribution in [3.8, 4) is 0 Å². The molecular weight excluding hydrogens is 162 g/mol. The Bertz CT molecular complexity index is 152. The summed E-state index contributed by atoms with van der Waals surface area (Å²) in [6.45, 7) is 12.4. The highest BCUT2D eigenvalue weighted by Crippen LogP contribution is 2.15. The van der Waals surface area contributed by atoms with Gasteiger partial charge in [-0.05, 0) is 26.2 Å². The Kier molecular flexibility index (Phi) is 5.26. The minimum Gasteiger partial charge on any atom is -0.389 e. The van der Waals surface area contributed by atoms with E-state index in [-0.39, 0.29) is 6.04 Å². The van der Waals surface area contributed by atoms with Gasteiger partial charge in [-0.25, -0.2) is 0 Å². The molecule has 0 radical (unpaired) electrons. The van der Waals surface area contributed by atoms with Crippen molar-refractivity contribution in [1.82, 2.24) is 5.32 Å². The highest BCUT2D eigenvalue weighted by molar-refractivity contribution is 4.85. The third-order valence-electron chi connectivity index (χ3n) is 2.01. The first-order valence-corrected chi connectivity index (χ1v) is 4.95. The van der Waals surface area contributed by atoms with Crippen LogP contribution in [0.2, 0.25) is 0 Å². The lowest BCUT2D eigenvalue weighted by atomic mass is 9.94. The molecule has 0 aliphatic carbocycles. The molecule has 2 unspecified atom stereocenters. The molecule has 0 aliphatic rings. The van der Waals surface area contributed by atoms with E-state index in [1.54, 1.807) is 0 Å². The van der Waals surface area contributed by atoms with E-state index >= 15 is 0 Å². The van der Waals surface area contributed by atoms with Crippen LogP contribution in [0.5, 0.6) is 0 Å². The largest absolute Gasteiger partial charge is 0.389 e. The molecule has 0 rings (SSSR count). The first kappa shape index (κ1) is 12.7. The highest BCUT2D eigenvalue weighted by Gasteiger charge is 2.21. The van der Waals surface area contributed by atoms with E-state index in [1.165, 1.54) is 0 Å². The molecule has 0 bridgehead atoms. The molecule has 0 saturated carbocycles. The number of hydrogen-bond donors (Lipinski definition) is 2. The van der Waals surface area contributed by atoms with Crippen LogP contribution in [0, 0.1) is 5.92 Å². The van der Waals surface area contributed by atoms with Crippen LogP contribution >= 0.6 is 0 Å². The monoisotopic (exact) mass is 185 g/mol. The Hall–Kier alpha value is -0.340. The predicted molar refractivity (Wildman–Crippen MR) is 57.7 cm³/mol. The van der Waals surface area contributed by atoms with Crippen molar-refractivity contribution in [2.24, 2.45) is 5.92 Å². The number of aliphatic hydroxyl groups is 1. The molecule has 0 aromatic carbocycles. The molecule has 0 fully saturated rings. The Balaban J connectivity index is 3.81. The van der Waals surface area contributed by atoms with Gasteiger partial charge < -0.3 is 10.4 Å². The smallest absolute Gasteiger partial charge is 0.0746 e. The van der Waals surface area contributed by atoms with Crippen molar-refractivity contribution in [3.05, 3.63) is 12.7 Å². The molecule has 0 spiro atoms. The Morgan fingerprint density at radius 1 is 1.46 bits per heavy atom. The van der Waals surface area contributed by atoms with Crippen LogP contribution in [0.25, 0.3) is 0 Å². The topological polar surface area (TPSA) is 32.3 Å². The van der Waals surface area contributed by atoms with Crippen molar-refractivity contribution in [2.75, 3.05) is 6.54 Å². The standard InChI is InChI=1S/C11H23NO/c1-6-10(4)12-8-11(5,13)7-9(2)3/h6,9-10,12-13H,1,7-8H2,2-5H3. The molecule has 78 valence electrons. The summed E-state index contributed by atoms with van der Waals surface area (Å²) in [4.78, 5) is 0. The van der Waals surface area contributed by atoms with Crippen molar-refractivity contribution < 1.29 is 5.11 Å². The fourth-order valence-electron chi connectivity index (χ4n) is 1.42. The van der Waals surface area contributed by atoms with Crippen LogP contribution in [0.1, 0.15) is 34.1 Å². The van der Waals surface area contributed by atoms with E-state index in [2.05, 4.69) is 25.7 Å². The third-order valence-corrected chi connectivity index (χ3v) is 2.01. The molecule has 2 nitrogen and oxygen atoms in total. The zero-order valence-electron chi connectivity index (χ0n) is 9.30. The maximum absolute atomic E-state index is 9.93. The van der Waals surface area contributed by atoms with Crippen LogP contribution < -0.4 is 5.32 Å². The molecule has 2 N–H and O–H groups in total. The van der Waals surface area contributed by atoms with Gasteiger partial charge in [0.2, 0.25) is 0 Å². The van der Waals surface area contributed by atoms with Gasteiger partial charge in [0.25, 0.3) is 0 Å². The maximum atomic E-state index is 9.93. The molecule has 2 atom stereocenters. The summed E-state index contributed by atoms with van der Waals surface area (Å²) in [5.41, 5.74) is -0.606. The van der Waals surface area contributed by atoms with E-state index in [9.17, 15) is 5.11 Å². The van der Waals surface area contributed by atoms with Crippen LogP contribution in [-0.4, -0.2) is 23.3 Å². The van der Waals surface area contributed by atoms with E-state index < -0.39 is 5.60 Å². The fourth-order valence-corrected chi connectivity index (χ4v) is 1.42. The molecule has 0 heterocycles. The van der Waals surface area contributed by atoms with E-state index in [0.29, 0.717) is 12.5 Å². The Morgan fingerprint density at radius 3 is 2.38 bits per heavy atom. The molecule has 0 saturated heterocycles. The van der Waals surface area contributed by atoms with Crippen molar-refractivity contribution in [3.63, 3.8) is 0 Å². The van der Waals surface area contributed by atoms with Crippen LogP contribution in [0.4, 0.5) is 0 Å². The van der Waals surface area contributed by atoms with Crippen molar-refractivity contribution in [1.29, 1.82) is 0 Å². The van der Waals surface area contributed by atoms with Crippen molar-refractivity contribution in [2.45, 2.75) is 45.8 Å². The normalized spacial score (nSPS) is 18.3. The van der Waals surface area contributed by atoms with Gasteiger partial charge in [-0.2, -0.15) is 0 Å². The summed E-state index contributed by atoms with van der Waals surface area (Å²) in [5, 5.41) is 13.1. The summed E-state index contributed by atoms with van der Waals surface area (Å²) in [6, 6.07) is 0.263. The molecular formula is C11H23NO. The third kappa shape index (κ3) is 6.79. The first-order chi connectivity index (χ1) is 5.87. The number of nitrogens with one attached hydrogen (secondary N) is 1. The predicted octanol–water partition coefficient (Wildman–Crippen LogP) is 1.95. The second kappa shape index (κ2) is 5.40. The maximum Gasteiger partial charge on any atom is 0.0746 e. The molecule has 0 aromatic rings. The van der Waals surface area contributed by atoms with Gasteiger partial charge in [-0.1, -0.05) is 19.9 Å². The zero-order chi connectivity index (χ0) is 10.5. The van der Waals surface area contributed by atoms with Crippen molar-refractivity contribution >= 4 is 0 Å². The minimum atomic E-state index is -0.606. The van der Waals surface area contributed by atoms with E-state index in [0.717, 1.165) is 6.42 Å². The number of rotatable bonds is 6. The summed E-state index contributed by atoms with van der Waals surface area (Å²) in [6.07, 6.45) is 2.66. The lowest BCUT2D eigenvalue weighted by molar-refractivity contribution is 0.0375. The zero-order valence-corrected chi connectivity index (χ0v) is 9.30. The van der Waals surface area contributed by atoms with Gasteiger partial charge in [-0.15, -0.1) is 6.58 Å². The Morgan fingerprint density at radius 2 is 2.00 bits per heavy atom. The van der Waals surface area contributed by atoms with Crippen LogP contribution in [0.3, 0.4) is 0 Å². The second-order valence-electron chi connectivity index (χ2n) is 4.50. The van der Waals surface area contributed by atoms with Crippen LogP contribution in [0.15, 0.2) is 12.7 Å². The quantitative estimate of drug-likeness (QED) is 0.620. The average Bonchev–Trinajstić information content (AvgIpc) is 1.98. The van der Waals surface area contributed by atoms with E-state index in [1.807, 2.05) is 19.9 Å². The van der Waals surface area contributed by atoms with Gasteiger partial charge in [0.1, 0.15) is 0 Å². The molecule has 0 aliphatic heterocycles. The average molecular weight is 185 g/mol. The van der Waals surface area contributed by atoms with Gasteiger partial charge >= 0.3 is 0 Å². The summed E-state index contributed by atoms with van der Waals surface area (Å²) < 4.78 is 0. The lowest BCUT2D eigenvalue weighted by Gasteiger charge is -2.26. The molecule has 0 amide bonds. The fraction of sp³-hybridized carbons (Fsp3) is 0.818. The second-order valence-corrected chi connectivity index (χ2v) is 4.50. The molecule has 0 aromatic heterocycles.